The van der Waals surface area contributed by atoms with Crippen molar-refractivity contribution < 1.29 is 32.4 Å². The molecule has 2 N–H and O–H groups in total. The van der Waals surface area contributed by atoms with Crippen molar-refractivity contribution in [3.63, 3.8) is 0 Å². The number of tetrazole rings is 1. The van der Waals surface area contributed by atoms with Gasteiger partial charge in [-0.05, 0) is 49.4 Å². The summed E-state index contributed by atoms with van der Waals surface area (Å²) in [4.78, 5) is 27.5. The van der Waals surface area contributed by atoms with Gasteiger partial charge in [0.1, 0.15) is 35.3 Å². The summed E-state index contributed by atoms with van der Waals surface area (Å²) < 4.78 is 40.8. The smallest absolute Gasteiger partial charge is 0.248 e. The lowest BCUT2D eigenvalue weighted by molar-refractivity contribution is -0.134. The fourth-order valence-corrected chi connectivity index (χ4v) is 6.14. The molecule has 0 bridgehead atoms. The number of hydrogen-bond donors (Lipinski definition) is 2. The van der Waals surface area contributed by atoms with Gasteiger partial charge in [0.15, 0.2) is 5.76 Å². The van der Waals surface area contributed by atoms with Gasteiger partial charge >= 0.3 is 0 Å². The van der Waals surface area contributed by atoms with Crippen LogP contribution in [0.5, 0.6) is 5.75 Å². The van der Waals surface area contributed by atoms with Crippen LogP contribution in [0.2, 0.25) is 0 Å². The van der Waals surface area contributed by atoms with Gasteiger partial charge in [-0.25, -0.2) is 13.1 Å². The largest absolute Gasteiger partial charge is 0.488 e. The van der Waals surface area contributed by atoms with Crippen LogP contribution in [0.3, 0.4) is 0 Å². The Morgan fingerprint density at radius 3 is 2.71 bits per heavy atom. The van der Waals surface area contributed by atoms with Gasteiger partial charge in [0.05, 0.1) is 25.6 Å². The highest BCUT2D eigenvalue weighted by atomic mass is 32.2. The van der Waals surface area contributed by atoms with E-state index in [-0.39, 0.29) is 66.7 Å². The molecule has 1 aliphatic rings. The number of carbonyl (C=O) groups excluding carboxylic acids is 2. The molecule has 0 saturated heterocycles. The Morgan fingerprint density at radius 1 is 1.32 bits per heavy atom. The van der Waals surface area contributed by atoms with Crippen LogP contribution >= 0.6 is 0 Å². The molecule has 222 valence electrons. The zero-order valence-electron chi connectivity index (χ0n) is 23.5. The average Bonchev–Trinajstić information content (AvgIpc) is 3.56. The van der Waals surface area contributed by atoms with Gasteiger partial charge < -0.3 is 24.6 Å². The highest BCUT2D eigenvalue weighted by Crippen LogP contribution is 2.30. The molecule has 0 aliphatic carbocycles. The Hall–Kier alpha value is -3.89. The zero-order valence-corrected chi connectivity index (χ0v) is 24.3. The Morgan fingerprint density at radius 2 is 2.07 bits per heavy atom. The Bertz CT molecular complexity index is 1470. The third-order valence-corrected chi connectivity index (χ3v) is 9.04. The lowest BCUT2D eigenvalue weighted by Crippen LogP contribution is -2.48. The lowest BCUT2D eigenvalue weighted by atomic mass is 10.0. The van der Waals surface area contributed by atoms with Crippen molar-refractivity contribution in [1.82, 2.24) is 34.6 Å². The number of benzene rings is 1. The number of ether oxygens (including phenoxy) is 1. The molecule has 0 radical (unpaired) electrons. The molecule has 41 heavy (non-hydrogen) atoms. The molecule has 0 fully saturated rings. The standard InChI is InChI=1S/C25H34N8O7S/c1-15-10-33(16(2)13-34)24(36)9-19-8-20(27-23(35)12-32-14-26-29-30-32)6-7-21(19)39-22(15)11-31(5)41(37,38)25-17(3)28-40-18(25)4/h6-8,14-16,22,34H,9-13H2,1-5H3,(H,27,35)/t15-,16+,22-/m1/s1. The minimum absolute atomic E-state index is 0.00360. The predicted molar refractivity (Wildman–Crippen MR) is 144 cm³/mol. The van der Waals surface area contributed by atoms with Crippen LogP contribution in [0.1, 0.15) is 30.9 Å². The van der Waals surface area contributed by atoms with Crippen LogP contribution in [0.4, 0.5) is 5.69 Å². The van der Waals surface area contributed by atoms with Gasteiger partial charge in [0, 0.05) is 30.8 Å². The number of fused-ring (bicyclic) bond motifs is 1. The van der Waals surface area contributed by atoms with Crippen LogP contribution < -0.4 is 10.1 Å². The van der Waals surface area contributed by atoms with Gasteiger partial charge in [0.2, 0.25) is 21.8 Å². The van der Waals surface area contributed by atoms with Gasteiger partial charge in [-0.3, -0.25) is 9.59 Å². The average molecular weight is 591 g/mol. The first-order chi connectivity index (χ1) is 19.4. The van der Waals surface area contributed by atoms with Crippen LogP contribution in [-0.2, 0) is 32.6 Å². The normalized spacial score (nSPS) is 18.7. The molecule has 3 atom stereocenters. The van der Waals surface area contributed by atoms with Gasteiger partial charge in [-0.2, -0.15) is 4.31 Å². The lowest BCUT2D eigenvalue weighted by Gasteiger charge is -2.33. The molecule has 0 unspecified atom stereocenters. The summed E-state index contributed by atoms with van der Waals surface area (Å²) >= 11 is 0. The number of anilines is 1. The van der Waals surface area contributed by atoms with E-state index >= 15 is 0 Å². The van der Waals surface area contributed by atoms with Gasteiger partial charge in [0.25, 0.3) is 0 Å². The van der Waals surface area contributed by atoms with Crippen molar-refractivity contribution in [2.24, 2.45) is 5.92 Å². The van der Waals surface area contributed by atoms with E-state index in [9.17, 15) is 23.1 Å². The summed E-state index contributed by atoms with van der Waals surface area (Å²) in [5.41, 5.74) is 1.19. The molecule has 3 aromatic rings. The molecule has 4 rings (SSSR count). The van der Waals surface area contributed by atoms with E-state index in [1.165, 1.54) is 29.3 Å². The topological polar surface area (TPSA) is 186 Å². The zero-order chi connectivity index (χ0) is 29.9. The Balaban J connectivity index is 1.64. The molecular formula is C25H34N8O7S. The summed E-state index contributed by atoms with van der Waals surface area (Å²) in [7, 11) is -2.51. The van der Waals surface area contributed by atoms with Gasteiger partial charge in [-0.15, -0.1) is 5.10 Å². The fraction of sp³-hybridized carbons (Fsp3) is 0.520. The fourth-order valence-electron chi connectivity index (χ4n) is 4.68. The minimum Gasteiger partial charge on any atom is -0.488 e. The first-order valence-electron chi connectivity index (χ1n) is 13.0. The third-order valence-electron chi connectivity index (χ3n) is 6.97. The number of aryl methyl sites for hydroxylation is 2. The number of nitrogens with zero attached hydrogens (tertiary/aromatic N) is 7. The molecule has 3 heterocycles. The maximum atomic E-state index is 13.4. The molecule has 2 aromatic heterocycles. The molecule has 2 amide bonds. The second-order valence-electron chi connectivity index (χ2n) is 10.2. The maximum absolute atomic E-state index is 13.4. The first kappa shape index (κ1) is 30.1. The van der Waals surface area contributed by atoms with Crippen molar-refractivity contribution in [3.05, 3.63) is 41.5 Å². The van der Waals surface area contributed by atoms with Gasteiger partial charge in [-0.1, -0.05) is 12.1 Å². The molecule has 15 nitrogen and oxygen atoms in total. The van der Waals surface area contributed by atoms with Crippen LogP contribution in [0, 0.1) is 19.8 Å². The SMILES string of the molecule is Cc1noc(C)c1S(=O)(=O)N(C)C[C@H]1Oc2ccc(NC(=O)Cn3cnnn3)cc2CC(=O)N([C@@H](C)CO)C[C@H]1C. The van der Waals surface area contributed by atoms with Crippen molar-refractivity contribution in [1.29, 1.82) is 0 Å². The molecule has 1 aliphatic heterocycles. The second-order valence-corrected chi connectivity index (χ2v) is 12.2. The van der Waals surface area contributed by atoms with E-state index < -0.39 is 22.2 Å². The van der Waals surface area contributed by atoms with Crippen molar-refractivity contribution in [2.75, 3.05) is 32.1 Å². The van der Waals surface area contributed by atoms with E-state index in [0.717, 1.165) is 0 Å². The van der Waals surface area contributed by atoms with Crippen LogP contribution in [0.25, 0.3) is 0 Å². The monoisotopic (exact) mass is 590 g/mol. The van der Waals surface area contributed by atoms with Crippen molar-refractivity contribution >= 4 is 27.5 Å². The predicted octanol–water partition coefficient (Wildman–Crippen LogP) is 0.386. The second kappa shape index (κ2) is 12.3. The number of hydrogen-bond acceptors (Lipinski definition) is 11. The van der Waals surface area contributed by atoms with Crippen molar-refractivity contribution in [2.45, 2.75) is 57.7 Å². The number of rotatable bonds is 9. The minimum atomic E-state index is -3.96. The number of sulfonamides is 1. The molecule has 16 heteroatoms. The molecule has 0 saturated carbocycles. The maximum Gasteiger partial charge on any atom is 0.248 e. The number of aliphatic hydroxyl groups is 1. The first-order valence-corrected chi connectivity index (χ1v) is 14.4. The highest BCUT2D eigenvalue weighted by molar-refractivity contribution is 7.89. The summed E-state index contributed by atoms with van der Waals surface area (Å²) in [5, 5.41) is 27.1. The Kier molecular flexibility index (Phi) is 9.04. The van der Waals surface area contributed by atoms with E-state index in [4.69, 9.17) is 9.26 Å². The molecule has 1 aromatic carbocycles. The Labute approximate surface area is 237 Å². The summed E-state index contributed by atoms with van der Waals surface area (Å²) in [6, 6.07) is 4.45. The van der Waals surface area contributed by atoms with Crippen molar-refractivity contribution in [3.8, 4) is 5.75 Å². The number of nitrogens with one attached hydrogen (secondary N) is 1. The number of carbonyl (C=O) groups is 2. The van der Waals surface area contributed by atoms with E-state index in [2.05, 4.69) is 26.0 Å². The van der Waals surface area contributed by atoms with Crippen LogP contribution in [-0.4, -0.2) is 98.8 Å². The number of aliphatic hydroxyl groups excluding tert-OH is 1. The summed E-state index contributed by atoms with van der Waals surface area (Å²) in [5.74, 6) is -0.364. The summed E-state index contributed by atoms with van der Waals surface area (Å²) in [6.07, 6.45) is 0.592. The highest BCUT2D eigenvalue weighted by Gasteiger charge is 2.35. The number of aromatic nitrogens is 5. The molecule has 0 spiro atoms. The number of amides is 2. The van der Waals surface area contributed by atoms with Crippen LogP contribution in [0.15, 0.2) is 33.9 Å². The number of likely N-dealkylation sites (N-methyl/N-ethyl adjacent to an activating group) is 1. The summed E-state index contributed by atoms with van der Waals surface area (Å²) in [6.45, 7) is 6.55. The van der Waals surface area contributed by atoms with E-state index in [1.54, 1.807) is 36.9 Å². The third kappa shape index (κ3) is 6.71. The molecular weight excluding hydrogens is 556 g/mol. The van der Waals surface area contributed by atoms with E-state index in [0.29, 0.717) is 17.0 Å². The van der Waals surface area contributed by atoms with E-state index in [1.807, 2.05) is 6.92 Å². The quantitative estimate of drug-likeness (QED) is 0.351.